The summed E-state index contributed by atoms with van der Waals surface area (Å²) in [5, 5.41) is 11.0. The van der Waals surface area contributed by atoms with Crippen molar-refractivity contribution in [3.63, 3.8) is 0 Å². The van der Waals surface area contributed by atoms with Crippen LogP contribution in [0, 0.1) is 6.92 Å². The highest BCUT2D eigenvalue weighted by Gasteiger charge is 2.19. The monoisotopic (exact) mass is 370 g/mol. The molecule has 5 nitrogen and oxygen atoms in total. The molecule has 3 rings (SSSR count). The van der Waals surface area contributed by atoms with Gasteiger partial charge in [0.15, 0.2) is 5.78 Å². The second-order valence-corrected chi connectivity index (χ2v) is 6.09. The number of carbonyl (C=O) groups excluding carboxylic acids is 1. The SMILES string of the molecule is COc1ccc(/C=C/C(=O)c2c(O)c3cc(Cl)c(C)cc3oc2=O)cc1. The number of methoxy groups -OCH3 is 1. The number of carbonyl (C=O) groups is 1. The molecule has 1 heterocycles. The average Bonchev–Trinajstić information content (AvgIpc) is 2.62. The molecule has 0 aliphatic rings. The van der Waals surface area contributed by atoms with Crippen molar-refractivity contribution in [3.8, 4) is 11.5 Å². The lowest BCUT2D eigenvalue weighted by Gasteiger charge is -2.06. The van der Waals surface area contributed by atoms with E-state index in [9.17, 15) is 14.7 Å². The second kappa shape index (κ2) is 7.06. The number of ether oxygens (including phenoxy) is 1. The van der Waals surface area contributed by atoms with E-state index in [1.807, 2.05) is 0 Å². The molecular weight excluding hydrogens is 356 g/mol. The molecule has 0 saturated heterocycles. The molecule has 1 N–H and O–H groups in total. The summed E-state index contributed by atoms with van der Waals surface area (Å²) in [6.45, 7) is 1.75. The number of ketones is 1. The number of hydrogen-bond donors (Lipinski definition) is 1. The molecule has 26 heavy (non-hydrogen) atoms. The van der Waals surface area contributed by atoms with Crippen molar-refractivity contribution in [1.82, 2.24) is 0 Å². The molecule has 0 atom stereocenters. The molecular formula is C20H15ClO5. The van der Waals surface area contributed by atoms with Gasteiger partial charge in [0.2, 0.25) is 0 Å². The molecule has 6 heteroatoms. The molecule has 2 aromatic carbocycles. The van der Waals surface area contributed by atoms with Gasteiger partial charge in [-0.25, -0.2) is 4.79 Å². The number of aryl methyl sites for hydroxylation is 1. The lowest BCUT2D eigenvalue weighted by atomic mass is 10.1. The van der Waals surface area contributed by atoms with E-state index in [2.05, 4.69) is 0 Å². The van der Waals surface area contributed by atoms with Gasteiger partial charge in [0.25, 0.3) is 0 Å². The molecule has 0 aliphatic carbocycles. The Labute approximate surface area is 154 Å². The van der Waals surface area contributed by atoms with E-state index in [1.165, 1.54) is 18.2 Å². The van der Waals surface area contributed by atoms with Crippen LogP contribution >= 0.6 is 11.6 Å². The number of benzene rings is 2. The van der Waals surface area contributed by atoms with Gasteiger partial charge in [-0.1, -0.05) is 29.8 Å². The van der Waals surface area contributed by atoms with Gasteiger partial charge in [-0.05, 0) is 48.4 Å². The minimum atomic E-state index is -0.902. The molecule has 0 fully saturated rings. The normalized spacial score (nSPS) is 11.2. The van der Waals surface area contributed by atoms with Gasteiger partial charge in [0, 0.05) is 5.02 Å². The molecule has 132 valence electrons. The van der Waals surface area contributed by atoms with Crippen molar-refractivity contribution in [2.24, 2.45) is 0 Å². The predicted molar refractivity (Wildman–Crippen MR) is 100 cm³/mol. The second-order valence-electron chi connectivity index (χ2n) is 5.68. The summed E-state index contributed by atoms with van der Waals surface area (Å²) in [6.07, 6.45) is 2.74. The van der Waals surface area contributed by atoms with Crippen molar-refractivity contribution in [3.05, 3.63) is 74.6 Å². The van der Waals surface area contributed by atoms with Crippen molar-refractivity contribution < 1.29 is 19.1 Å². The summed E-state index contributed by atoms with van der Waals surface area (Å²) in [4.78, 5) is 24.6. The van der Waals surface area contributed by atoms with E-state index in [1.54, 1.807) is 44.4 Å². The van der Waals surface area contributed by atoms with Crippen LogP contribution in [0.25, 0.3) is 17.0 Å². The van der Waals surface area contributed by atoms with Crippen LogP contribution in [0.2, 0.25) is 5.02 Å². The highest BCUT2D eigenvalue weighted by Crippen LogP contribution is 2.31. The van der Waals surface area contributed by atoms with Gasteiger partial charge in [-0.15, -0.1) is 0 Å². The molecule has 0 spiro atoms. The lowest BCUT2D eigenvalue weighted by Crippen LogP contribution is -2.12. The van der Waals surface area contributed by atoms with E-state index in [4.69, 9.17) is 20.8 Å². The Morgan fingerprint density at radius 2 is 1.92 bits per heavy atom. The van der Waals surface area contributed by atoms with Gasteiger partial charge >= 0.3 is 5.63 Å². The molecule has 3 aromatic rings. The minimum absolute atomic E-state index is 0.171. The van der Waals surface area contributed by atoms with E-state index in [0.717, 1.165) is 5.56 Å². The molecule has 0 amide bonds. The fourth-order valence-electron chi connectivity index (χ4n) is 2.49. The van der Waals surface area contributed by atoms with Crippen molar-refractivity contribution in [2.45, 2.75) is 6.92 Å². The molecule has 0 unspecified atom stereocenters. The quantitative estimate of drug-likeness (QED) is 0.419. The van der Waals surface area contributed by atoms with Crippen LogP contribution in [-0.4, -0.2) is 18.0 Å². The maximum atomic E-state index is 12.4. The largest absolute Gasteiger partial charge is 0.506 e. The van der Waals surface area contributed by atoms with Crippen molar-refractivity contribution in [1.29, 1.82) is 0 Å². The first kappa shape index (κ1) is 17.8. The van der Waals surface area contributed by atoms with E-state index in [-0.39, 0.29) is 11.0 Å². The third kappa shape index (κ3) is 3.34. The van der Waals surface area contributed by atoms with Crippen molar-refractivity contribution >= 4 is 34.4 Å². The minimum Gasteiger partial charge on any atom is -0.506 e. The van der Waals surface area contributed by atoms with Crippen molar-refractivity contribution in [2.75, 3.05) is 7.11 Å². The summed E-state index contributed by atoms with van der Waals surface area (Å²) >= 11 is 6.06. The number of fused-ring (bicyclic) bond motifs is 1. The Kier molecular flexibility index (Phi) is 4.82. The Morgan fingerprint density at radius 3 is 2.58 bits per heavy atom. The summed E-state index contributed by atoms with van der Waals surface area (Å²) in [6, 6.07) is 10.0. The van der Waals surface area contributed by atoms with E-state index < -0.39 is 22.7 Å². The summed E-state index contributed by atoms with van der Waals surface area (Å²) < 4.78 is 10.2. The van der Waals surface area contributed by atoms with Gasteiger partial charge in [-0.2, -0.15) is 0 Å². The fourth-order valence-corrected chi connectivity index (χ4v) is 2.66. The predicted octanol–water partition coefficient (Wildman–Crippen LogP) is 4.37. The molecule has 1 aromatic heterocycles. The Bertz CT molecular complexity index is 1080. The first-order valence-electron chi connectivity index (χ1n) is 7.73. The molecule has 0 aliphatic heterocycles. The van der Waals surface area contributed by atoms with Gasteiger partial charge in [0.05, 0.1) is 12.5 Å². The third-order valence-electron chi connectivity index (χ3n) is 3.95. The third-order valence-corrected chi connectivity index (χ3v) is 4.36. The van der Waals surface area contributed by atoms with Gasteiger partial charge in [0.1, 0.15) is 22.6 Å². The zero-order valence-corrected chi connectivity index (χ0v) is 14.8. The smallest absolute Gasteiger partial charge is 0.351 e. The average molecular weight is 371 g/mol. The first-order valence-corrected chi connectivity index (χ1v) is 8.11. The van der Waals surface area contributed by atoms with Gasteiger partial charge < -0.3 is 14.3 Å². The van der Waals surface area contributed by atoms with Crippen LogP contribution in [0.3, 0.4) is 0 Å². The summed E-state index contributed by atoms with van der Waals surface area (Å²) in [7, 11) is 1.56. The Hall–Kier alpha value is -3.05. The highest BCUT2D eigenvalue weighted by molar-refractivity contribution is 6.32. The first-order chi connectivity index (χ1) is 12.4. The number of aromatic hydroxyl groups is 1. The van der Waals surface area contributed by atoms with Crippen LogP contribution < -0.4 is 10.4 Å². The summed E-state index contributed by atoms with van der Waals surface area (Å²) in [5.74, 6) is -0.415. The Balaban J connectivity index is 2.00. The van der Waals surface area contributed by atoms with Crippen LogP contribution in [-0.2, 0) is 0 Å². The lowest BCUT2D eigenvalue weighted by molar-refractivity contribution is 0.104. The fraction of sp³-hybridized carbons (Fsp3) is 0.100. The zero-order valence-electron chi connectivity index (χ0n) is 14.1. The van der Waals surface area contributed by atoms with E-state index in [0.29, 0.717) is 16.3 Å². The maximum absolute atomic E-state index is 12.4. The van der Waals surface area contributed by atoms with E-state index >= 15 is 0 Å². The highest BCUT2D eigenvalue weighted by atomic mass is 35.5. The topological polar surface area (TPSA) is 76.7 Å². The van der Waals surface area contributed by atoms with Crippen LogP contribution in [0.15, 0.2) is 51.7 Å². The molecule has 0 bridgehead atoms. The zero-order chi connectivity index (χ0) is 18.8. The summed E-state index contributed by atoms with van der Waals surface area (Å²) in [5.41, 5.74) is 0.274. The van der Waals surface area contributed by atoms with Crippen LogP contribution in [0.4, 0.5) is 0 Å². The number of allylic oxidation sites excluding steroid dienone is 1. The van der Waals surface area contributed by atoms with Crippen LogP contribution in [0.1, 0.15) is 21.5 Å². The molecule has 0 saturated carbocycles. The van der Waals surface area contributed by atoms with Crippen LogP contribution in [0.5, 0.6) is 11.5 Å². The molecule has 0 radical (unpaired) electrons. The Morgan fingerprint density at radius 1 is 1.23 bits per heavy atom. The number of halogens is 1. The number of rotatable bonds is 4. The maximum Gasteiger partial charge on any atom is 0.351 e. The number of hydrogen-bond acceptors (Lipinski definition) is 5. The standard InChI is InChI=1S/C20H15ClO5/c1-11-9-17-14(10-15(11)21)19(23)18(20(24)26-17)16(22)8-5-12-3-6-13(25-2)7-4-12/h3-10,23H,1-2H3/b8-5+. The van der Waals surface area contributed by atoms with Gasteiger partial charge in [-0.3, -0.25) is 4.79 Å².